The number of amidine groups is 4. The summed E-state index contributed by atoms with van der Waals surface area (Å²) >= 11 is 0. The van der Waals surface area contributed by atoms with Gasteiger partial charge < -0.3 is 102 Å². The first-order valence-electron chi connectivity index (χ1n) is 29.1. The normalized spacial score (nSPS) is 36.3. The zero-order valence-electron chi connectivity index (χ0n) is 53.4. The van der Waals surface area contributed by atoms with E-state index in [0.717, 1.165) is 31.1 Å². The molecule has 494 valence electrons. The number of hydrogen-bond acceptors (Lipinski definition) is 24. The summed E-state index contributed by atoms with van der Waals surface area (Å²) in [5.41, 5.74) is 18.2. The molecule has 0 aromatic heterocycles. The van der Waals surface area contributed by atoms with Crippen LogP contribution < -0.4 is 22.9 Å². The van der Waals surface area contributed by atoms with Crippen molar-refractivity contribution in [2.45, 2.75) is 143 Å². The Hall–Kier alpha value is -4.28. The summed E-state index contributed by atoms with van der Waals surface area (Å²) in [6.45, 7) is 33.1. The van der Waals surface area contributed by atoms with Gasteiger partial charge in [-0.05, 0) is 149 Å². The van der Waals surface area contributed by atoms with E-state index in [0.29, 0.717) is 72.5 Å². The Morgan fingerprint density at radius 2 is 0.841 bits per heavy atom. The first-order chi connectivity index (χ1) is 40.3. The van der Waals surface area contributed by atoms with Crippen LogP contribution in [0.15, 0.2) is 119 Å². The van der Waals surface area contributed by atoms with Crippen molar-refractivity contribution in [3.8, 4) is 0 Å². The Bertz CT molecular complexity index is 2960. The predicted octanol–water partition coefficient (Wildman–Crippen LogP) is 2.34. The van der Waals surface area contributed by atoms with Crippen LogP contribution >= 0.6 is 27.5 Å². The molecule has 24 nitrogen and oxygen atoms in total. The molecule has 0 saturated carbocycles. The largest absolute Gasteiger partial charge is 0.387 e. The molecule has 0 aliphatic carbocycles. The van der Waals surface area contributed by atoms with E-state index in [2.05, 4.69) is 125 Å². The summed E-state index contributed by atoms with van der Waals surface area (Å²) in [5, 5.41) is 73.6. The van der Waals surface area contributed by atoms with Crippen molar-refractivity contribution in [2.75, 3.05) is 84.6 Å². The van der Waals surface area contributed by atoms with Gasteiger partial charge in [-0.25, -0.2) is 20.0 Å². The molecular weight excluding hydrogens is 1200 g/mol. The van der Waals surface area contributed by atoms with Crippen LogP contribution in [0.25, 0.3) is 0 Å². The molecule has 9 heterocycles. The maximum absolute atomic E-state index is 10.7. The zero-order valence-corrected chi connectivity index (χ0v) is 57.0. The minimum absolute atomic E-state index is 0.347. The van der Waals surface area contributed by atoms with Crippen molar-refractivity contribution in [1.29, 1.82) is 0 Å². The maximum Gasteiger partial charge on any atom is 0.166 e. The molecule has 0 spiro atoms. The van der Waals surface area contributed by atoms with E-state index >= 15 is 0 Å². The lowest BCUT2D eigenvalue weighted by molar-refractivity contribution is -0.181. The van der Waals surface area contributed by atoms with Crippen molar-refractivity contribution < 1.29 is 59.4 Å². The van der Waals surface area contributed by atoms with Crippen molar-refractivity contribution >= 4 is 76.1 Å². The summed E-state index contributed by atoms with van der Waals surface area (Å²) in [6.07, 6.45) is 27.8. The van der Waals surface area contributed by atoms with Crippen LogP contribution in [-0.2, 0) is 23.7 Å². The maximum atomic E-state index is 10.7. The highest BCUT2D eigenvalue weighted by atomic mass is 31.2. The van der Waals surface area contributed by atoms with Gasteiger partial charge in [-0.15, -0.1) is 52.7 Å². The molecule has 0 aromatic rings. The number of aliphatic hydroxyl groups is 7. The van der Waals surface area contributed by atoms with E-state index in [-0.39, 0.29) is 0 Å². The SMILES string of the molecule is C=C1N=C(N)C=CN1[C@@H]1O[C@@]2(CCP(=C)(C)C)CO[C@@H]1[C@@H]2O.C=C1N=C(N)C=CN1[C@@H]1O[C@H](CCP(=C)(C)C)[C@@H](O)[C@@]1(C)O.C=C1N=C(N)C=CN1[C@@H]1O[C@H](CCP(=C)(C)C)[C@@H](O)[C@]1(C)O.C=C1N=C(N)C=CN1[C@@H]1O[C@](C)(CCP(=C)(C)C)[C@@H](O)[C@H]1O. The molecular formula is C60H102N12O12P4. The molecule has 88 heavy (non-hydrogen) atoms. The lowest BCUT2D eigenvalue weighted by Crippen LogP contribution is -2.51. The smallest absolute Gasteiger partial charge is 0.166 e. The number of hydrogen-bond donors (Lipinski definition) is 11. The molecule has 9 aliphatic heterocycles. The van der Waals surface area contributed by atoms with Crippen molar-refractivity contribution in [1.82, 2.24) is 19.6 Å². The third-order valence-electron chi connectivity index (χ3n) is 16.4. The van der Waals surface area contributed by atoms with Gasteiger partial charge in [0.2, 0.25) is 0 Å². The zero-order chi connectivity index (χ0) is 66.2. The van der Waals surface area contributed by atoms with Gasteiger partial charge in [-0.1, -0.05) is 26.3 Å². The standard InChI is InChI=1S/C15H24N3O3P.3C15H26N3O3P/c1-10-17-11(16)5-7-18(10)14-12-13(19)15(21-14,9-20-12)6-8-22(2,3)4;2*1-10-17-12(16)6-8-18(10)14-15(2,20)13(19)11(21-14)7-9-22(3,4)5;1-10-17-11(16)6-8-18(10)14-12(19)13(20)15(2,21-14)7-9-22(3,4)5/h5,7,12-14,19H,1-2,6,8-9H2,3-4H3,(H2,16,17);2*6,8,11,13-14,19-20H,1,3,7,9H2,2,4-5H3,(H2,16,17);6,8,12-14,19-20H,1,3,7,9H2,2,4-5H3,(H2,16,17)/t12-,13+,14-,15+;11-,13-,14-,15+;11-,13-,14-,15-;12-,13+,14-,15-/m1111/s1. The minimum Gasteiger partial charge on any atom is -0.387 e. The van der Waals surface area contributed by atoms with Crippen LogP contribution in [0.2, 0.25) is 0 Å². The molecule has 0 aromatic carbocycles. The second-order valence-electron chi connectivity index (χ2n) is 27.4. The molecule has 16 atom stereocenters. The first kappa shape index (κ1) is 72.8. The summed E-state index contributed by atoms with van der Waals surface area (Å²) in [6, 6.07) is 0. The highest BCUT2D eigenvalue weighted by Gasteiger charge is 2.63. The van der Waals surface area contributed by atoms with E-state index in [4.69, 9.17) is 46.6 Å². The van der Waals surface area contributed by atoms with E-state index in [1.807, 2.05) is 6.92 Å². The average molecular weight is 1310 g/mol. The lowest BCUT2D eigenvalue weighted by atomic mass is 9.94. The number of nitrogens with zero attached hydrogens (tertiary/aromatic N) is 8. The number of nitrogens with two attached hydrogens (primary N) is 4. The molecule has 15 N–H and O–H groups in total. The van der Waals surface area contributed by atoms with Crippen LogP contribution in [0.3, 0.4) is 0 Å². The highest BCUT2D eigenvalue weighted by molar-refractivity contribution is 7.73. The van der Waals surface area contributed by atoms with Crippen molar-refractivity contribution in [3.05, 3.63) is 98.7 Å². The highest BCUT2D eigenvalue weighted by Crippen LogP contribution is 2.49. The number of fused-ring (bicyclic) bond motifs is 2. The van der Waals surface area contributed by atoms with Crippen LogP contribution in [0.5, 0.6) is 0 Å². The second kappa shape index (κ2) is 27.5. The Kier molecular flexibility index (Phi) is 22.7. The average Bonchev–Trinajstić information content (AvgIpc) is 1.61. The molecule has 0 radical (unpaired) electrons. The minimum atomic E-state index is -1.43. The number of aliphatic hydroxyl groups excluding tert-OH is 5. The third-order valence-corrected chi connectivity index (χ3v) is 22.2. The fraction of sp³-hybridized carbons (Fsp3) is 0.600. The predicted molar refractivity (Wildman–Crippen MR) is 368 cm³/mol. The summed E-state index contributed by atoms with van der Waals surface area (Å²) in [7, 11) is 0. The molecule has 2 bridgehead atoms. The van der Waals surface area contributed by atoms with Crippen molar-refractivity contribution in [2.24, 2.45) is 42.9 Å². The van der Waals surface area contributed by atoms with Gasteiger partial charge in [-0.2, -0.15) is 0 Å². The van der Waals surface area contributed by atoms with Gasteiger partial charge in [0.25, 0.3) is 0 Å². The Morgan fingerprint density at radius 3 is 1.19 bits per heavy atom. The fourth-order valence-electron chi connectivity index (χ4n) is 11.0. The topological polar surface area (TPSA) is 354 Å². The van der Waals surface area contributed by atoms with E-state index in [1.54, 1.807) is 82.6 Å². The Balaban J connectivity index is 0.000000187. The number of rotatable bonds is 16. The molecule has 9 aliphatic rings. The molecule has 5 fully saturated rings. The van der Waals surface area contributed by atoms with Gasteiger partial charge in [0.15, 0.2) is 24.9 Å². The monoisotopic (exact) mass is 1310 g/mol. The third kappa shape index (κ3) is 17.6. The van der Waals surface area contributed by atoms with Gasteiger partial charge in [0.05, 0.1) is 24.4 Å². The first-order valence-corrected chi connectivity index (χ1v) is 41.3. The van der Waals surface area contributed by atoms with Gasteiger partial charge >= 0.3 is 0 Å². The molecule has 0 amide bonds. The Labute approximate surface area is 521 Å². The fourth-order valence-corrected chi connectivity index (χ4v) is 14.9. The van der Waals surface area contributed by atoms with Crippen molar-refractivity contribution in [3.63, 3.8) is 0 Å². The summed E-state index contributed by atoms with van der Waals surface area (Å²) in [4.78, 5) is 22.9. The van der Waals surface area contributed by atoms with E-state index in [9.17, 15) is 35.7 Å². The van der Waals surface area contributed by atoms with Gasteiger partial charge in [0.1, 0.15) is 100 Å². The molecule has 28 heteroatoms. The van der Waals surface area contributed by atoms with Gasteiger partial charge in [-0.3, -0.25) is 0 Å². The molecule has 0 unspecified atom stereocenters. The quantitative estimate of drug-likeness (QED) is 0.0988. The van der Waals surface area contributed by atoms with Crippen LogP contribution in [0, 0.1) is 0 Å². The van der Waals surface area contributed by atoms with Crippen LogP contribution in [-0.4, -0.2) is 285 Å². The summed E-state index contributed by atoms with van der Waals surface area (Å²) < 4.78 is 29.9. The van der Waals surface area contributed by atoms with Crippen LogP contribution in [0.1, 0.15) is 46.5 Å². The lowest BCUT2D eigenvalue weighted by Gasteiger charge is -2.37. The van der Waals surface area contributed by atoms with Crippen LogP contribution in [0.4, 0.5) is 0 Å². The van der Waals surface area contributed by atoms with Gasteiger partial charge in [0, 0.05) is 24.8 Å². The summed E-state index contributed by atoms with van der Waals surface area (Å²) in [5.74, 6) is 3.08. The number of ether oxygens (including phenoxy) is 5. The number of aliphatic imine (C=N–C) groups is 4. The molecule has 9 rings (SSSR count). The molecule has 5 saturated heterocycles. The Morgan fingerprint density at radius 1 is 0.500 bits per heavy atom. The van der Waals surface area contributed by atoms with E-state index < -0.39 is 124 Å². The second-order valence-corrected chi connectivity index (χ2v) is 44.6. The van der Waals surface area contributed by atoms with E-state index in [1.165, 1.54) is 0 Å².